The number of anilines is 1. The molecule has 0 saturated heterocycles. The highest BCUT2D eigenvalue weighted by Gasteiger charge is 2.18. The van der Waals surface area contributed by atoms with Gasteiger partial charge in [-0.2, -0.15) is 0 Å². The summed E-state index contributed by atoms with van der Waals surface area (Å²) in [6.45, 7) is 3.52. The molecule has 0 aromatic heterocycles. The van der Waals surface area contributed by atoms with Crippen molar-refractivity contribution >= 4 is 17.6 Å². The number of aryl methyl sites for hydroxylation is 1. The highest BCUT2D eigenvalue weighted by molar-refractivity contribution is 5.95. The number of rotatable bonds is 6. The number of esters is 1. The Morgan fingerprint density at radius 2 is 1.67 bits per heavy atom. The van der Waals surface area contributed by atoms with Crippen LogP contribution in [0.5, 0.6) is 5.75 Å². The molecule has 0 fully saturated rings. The van der Waals surface area contributed by atoms with Crippen LogP contribution in [0.4, 0.5) is 5.69 Å². The number of carbonyl (C=O) groups excluding carboxylic acids is 2. The third-order valence-electron chi connectivity index (χ3n) is 3.50. The Labute approximate surface area is 141 Å². The van der Waals surface area contributed by atoms with Gasteiger partial charge in [0.05, 0.1) is 13.5 Å². The van der Waals surface area contributed by atoms with E-state index in [0.717, 1.165) is 16.9 Å². The average molecular weight is 327 g/mol. The Balaban J connectivity index is 1.85. The summed E-state index contributed by atoms with van der Waals surface area (Å²) in [5.74, 6) is -0.0911. The van der Waals surface area contributed by atoms with E-state index in [4.69, 9.17) is 9.47 Å². The molecule has 24 heavy (non-hydrogen) atoms. The van der Waals surface area contributed by atoms with Gasteiger partial charge in [-0.1, -0.05) is 29.8 Å². The highest BCUT2D eigenvalue weighted by atomic mass is 16.5. The Morgan fingerprint density at radius 3 is 2.25 bits per heavy atom. The van der Waals surface area contributed by atoms with Gasteiger partial charge in [0.2, 0.25) is 0 Å². The molecule has 0 aliphatic carbocycles. The molecule has 5 nitrogen and oxygen atoms in total. The average Bonchev–Trinajstić information content (AvgIpc) is 2.57. The second kappa shape index (κ2) is 8.15. The molecular weight excluding hydrogens is 306 g/mol. The Hall–Kier alpha value is -2.82. The molecule has 0 spiro atoms. The normalized spacial score (nSPS) is 11.5. The minimum atomic E-state index is -0.864. The summed E-state index contributed by atoms with van der Waals surface area (Å²) in [4.78, 5) is 24.0. The molecule has 0 aliphatic rings. The molecule has 2 aromatic carbocycles. The molecule has 2 aromatic rings. The maximum atomic E-state index is 12.1. The van der Waals surface area contributed by atoms with Crippen molar-refractivity contribution in [2.75, 3.05) is 12.4 Å². The quantitative estimate of drug-likeness (QED) is 0.828. The van der Waals surface area contributed by atoms with Gasteiger partial charge in [-0.15, -0.1) is 0 Å². The summed E-state index contributed by atoms with van der Waals surface area (Å²) in [7, 11) is 1.58. The summed E-state index contributed by atoms with van der Waals surface area (Å²) >= 11 is 0. The van der Waals surface area contributed by atoms with Crippen molar-refractivity contribution < 1.29 is 19.1 Å². The molecule has 1 amide bonds. The van der Waals surface area contributed by atoms with Gasteiger partial charge in [0.1, 0.15) is 5.75 Å². The molecule has 2 rings (SSSR count). The van der Waals surface area contributed by atoms with Crippen LogP contribution in [-0.4, -0.2) is 25.1 Å². The summed E-state index contributed by atoms with van der Waals surface area (Å²) in [5.41, 5.74) is 2.57. The van der Waals surface area contributed by atoms with Crippen LogP contribution < -0.4 is 10.1 Å². The summed E-state index contributed by atoms with van der Waals surface area (Å²) in [6, 6.07) is 14.5. The maximum Gasteiger partial charge on any atom is 0.311 e. The van der Waals surface area contributed by atoms with E-state index in [1.165, 1.54) is 0 Å². The van der Waals surface area contributed by atoms with Gasteiger partial charge in [0.25, 0.3) is 5.91 Å². The van der Waals surface area contributed by atoms with Crippen molar-refractivity contribution in [3.63, 3.8) is 0 Å². The van der Waals surface area contributed by atoms with Crippen LogP contribution in [0.3, 0.4) is 0 Å². The molecule has 0 bridgehead atoms. The lowest BCUT2D eigenvalue weighted by molar-refractivity contribution is -0.152. The van der Waals surface area contributed by atoms with Crippen LogP contribution in [0.25, 0.3) is 0 Å². The molecule has 0 saturated carbocycles. The van der Waals surface area contributed by atoms with Gasteiger partial charge < -0.3 is 14.8 Å². The monoisotopic (exact) mass is 327 g/mol. The number of methoxy groups -OCH3 is 1. The highest BCUT2D eigenvalue weighted by Crippen LogP contribution is 2.13. The number of amides is 1. The van der Waals surface area contributed by atoms with Gasteiger partial charge in [-0.05, 0) is 43.7 Å². The number of hydrogen-bond acceptors (Lipinski definition) is 4. The van der Waals surface area contributed by atoms with E-state index >= 15 is 0 Å². The number of ether oxygens (including phenoxy) is 2. The van der Waals surface area contributed by atoms with Crippen LogP contribution in [-0.2, 0) is 20.7 Å². The van der Waals surface area contributed by atoms with E-state index in [-0.39, 0.29) is 12.3 Å². The van der Waals surface area contributed by atoms with Crippen molar-refractivity contribution in [3.05, 3.63) is 59.7 Å². The lowest BCUT2D eigenvalue weighted by Gasteiger charge is -2.14. The van der Waals surface area contributed by atoms with Gasteiger partial charge in [-0.25, -0.2) is 0 Å². The Kier molecular flexibility index (Phi) is 5.95. The predicted octanol–water partition coefficient (Wildman–Crippen LogP) is 3.12. The Bertz CT molecular complexity index is 692. The zero-order chi connectivity index (χ0) is 17.5. The number of hydrogen-bond donors (Lipinski definition) is 1. The fourth-order valence-electron chi connectivity index (χ4n) is 2.08. The van der Waals surface area contributed by atoms with Crippen molar-refractivity contribution in [2.45, 2.75) is 26.4 Å². The van der Waals surface area contributed by atoms with Crippen LogP contribution in [0, 0.1) is 6.92 Å². The second-order valence-electron chi connectivity index (χ2n) is 5.51. The molecular formula is C19H21NO4. The van der Waals surface area contributed by atoms with Crippen LogP contribution in [0.1, 0.15) is 18.1 Å². The number of carbonyl (C=O) groups is 2. The fraction of sp³-hybridized carbons (Fsp3) is 0.263. The molecule has 126 valence electrons. The summed E-state index contributed by atoms with van der Waals surface area (Å²) in [5, 5.41) is 2.72. The summed E-state index contributed by atoms with van der Waals surface area (Å²) < 4.78 is 10.3. The zero-order valence-corrected chi connectivity index (χ0v) is 14.0. The SMILES string of the molecule is COc1ccc(CC(=O)O[C@@H](C)C(=O)Nc2ccc(C)cc2)cc1. The topological polar surface area (TPSA) is 64.6 Å². The van der Waals surface area contributed by atoms with Crippen molar-refractivity contribution in [1.82, 2.24) is 0 Å². The molecule has 1 N–H and O–H groups in total. The lowest BCUT2D eigenvalue weighted by Crippen LogP contribution is -2.30. The van der Waals surface area contributed by atoms with Crippen LogP contribution in [0.15, 0.2) is 48.5 Å². The van der Waals surface area contributed by atoms with E-state index < -0.39 is 12.1 Å². The predicted molar refractivity (Wildman–Crippen MR) is 92.1 cm³/mol. The van der Waals surface area contributed by atoms with Crippen LogP contribution >= 0.6 is 0 Å². The minimum absolute atomic E-state index is 0.103. The maximum absolute atomic E-state index is 12.1. The van der Waals surface area contributed by atoms with Crippen molar-refractivity contribution in [3.8, 4) is 5.75 Å². The second-order valence-corrected chi connectivity index (χ2v) is 5.51. The first kappa shape index (κ1) is 17.5. The number of nitrogens with one attached hydrogen (secondary N) is 1. The molecule has 5 heteroatoms. The third-order valence-corrected chi connectivity index (χ3v) is 3.50. The lowest BCUT2D eigenvalue weighted by atomic mass is 10.1. The molecule has 0 unspecified atom stereocenters. The van der Waals surface area contributed by atoms with E-state index in [1.54, 1.807) is 50.4 Å². The van der Waals surface area contributed by atoms with Gasteiger partial charge in [-0.3, -0.25) is 9.59 Å². The van der Waals surface area contributed by atoms with Gasteiger partial charge in [0, 0.05) is 5.69 Å². The number of benzene rings is 2. The first-order valence-corrected chi connectivity index (χ1v) is 7.68. The van der Waals surface area contributed by atoms with Gasteiger partial charge in [0.15, 0.2) is 6.10 Å². The standard InChI is InChI=1S/C19H21NO4/c1-13-4-8-16(9-5-13)20-19(22)14(2)24-18(21)12-15-6-10-17(23-3)11-7-15/h4-11,14H,12H2,1-3H3,(H,20,22)/t14-/m0/s1. The molecule has 0 aliphatic heterocycles. The first-order chi connectivity index (χ1) is 11.5. The molecule has 0 heterocycles. The molecule has 0 radical (unpaired) electrons. The van der Waals surface area contributed by atoms with E-state index in [9.17, 15) is 9.59 Å². The third kappa shape index (κ3) is 5.12. The van der Waals surface area contributed by atoms with Crippen LogP contribution in [0.2, 0.25) is 0 Å². The minimum Gasteiger partial charge on any atom is -0.497 e. The largest absolute Gasteiger partial charge is 0.497 e. The van der Waals surface area contributed by atoms with E-state index in [0.29, 0.717) is 5.69 Å². The first-order valence-electron chi connectivity index (χ1n) is 7.68. The summed E-state index contributed by atoms with van der Waals surface area (Å²) in [6.07, 6.45) is -0.761. The Morgan fingerprint density at radius 1 is 1.04 bits per heavy atom. The zero-order valence-electron chi connectivity index (χ0n) is 14.0. The van der Waals surface area contributed by atoms with Gasteiger partial charge >= 0.3 is 5.97 Å². The fourth-order valence-corrected chi connectivity index (χ4v) is 2.08. The smallest absolute Gasteiger partial charge is 0.311 e. The van der Waals surface area contributed by atoms with E-state index in [1.807, 2.05) is 19.1 Å². The molecule has 1 atom stereocenters. The van der Waals surface area contributed by atoms with E-state index in [2.05, 4.69) is 5.32 Å². The van der Waals surface area contributed by atoms with Crippen molar-refractivity contribution in [2.24, 2.45) is 0 Å². The van der Waals surface area contributed by atoms with Crippen molar-refractivity contribution in [1.29, 1.82) is 0 Å².